The lowest BCUT2D eigenvalue weighted by atomic mass is 10.5. The number of halogens is 1. The number of aliphatic hydroxyl groups excluding tert-OH is 1. The molecule has 0 aromatic rings. The van der Waals surface area contributed by atoms with Crippen LogP contribution in [0.1, 0.15) is 0 Å². The fraction of sp³-hybridized carbons (Fsp3) is 1.00. The summed E-state index contributed by atoms with van der Waals surface area (Å²) < 4.78 is 0. The Kier molecular flexibility index (Phi) is 4.64. The van der Waals surface area contributed by atoms with Gasteiger partial charge in [-0.25, -0.2) is 0 Å². The number of hydrogen-bond acceptors (Lipinski definition) is 5. The summed E-state index contributed by atoms with van der Waals surface area (Å²) in [6.07, 6.45) is -2.31. The SMILES string of the molecule is Br.NC(O)(O)C(O)O. The van der Waals surface area contributed by atoms with Crippen molar-refractivity contribution in [3.05, 3.63) is 0 Å². The molecular weight excluding hydrogens is 182 g/mol. The van der Waals surface area contributed by atoms with Gasteiger partial charge in [-0.1, -0.05) is 0 Å². The molecule has 0 bridgehead atoms. The van der Waals surface area contributed by atoms with Gasteiger partial charge in [0.15, 0.2) is 0 Å². The summed E-state index contributed by atoms with van der Waals surface area (Å²) in [5.41, 5.74) is 4.29. The second-order valence-corrected chi connectivity index (χ2v) is 1.16. The summed E-state index contributed by atoms with van der Waals surface area (Å²) in [6, 6.07) is 0. The van der Waals surface area contributed by atoms with Crippen LogP contribution in [0.4, 0.5) is 0 Å². The van der Waals surface area contributed by atoms with Gasteiger partial charge in [0.1, 0.15) is 0 Å². The Morgan fingerprint density at radius 3 is 1.38 bits per heavy atom. The van der Waals surface area contributed by atoms with Crippen LogP contribution in [0.25, 0.3) is 0 Å². The molecule has 52 valence electrons. The van der Waals surface area contributed by atoms with Crippen molar-refractivity contribution in [2.75, 3.05) is 0 Å². The molecule has 0 amide bonds. The Morgan fingerprint density at radius 2 is 1.38 bits per heavy atom. The van der Waals surface area contributed by atoms with Crippen LogP contribution in [0.15, 0.2) is 0 Å². The predicted octanol–water partition coefficient (Wildman–Crippen LogP) is -2.53. The van der Waals surface area contributed by atoms with Crippen LogP contribution in [0, 0.1) is 0 Å². The molecule has 6 heteroatoms. The number of hydrogen-bond donors (Lipinski definition) is 5. The highest BCUT2D eigenvalue weighted by Crippen LogP contribution is 1.90. The fourth-order valence-electron chi connectivity index (χ4n) is 0. The van der Waals surface area contributed by atoms with Crippen LogP contribution in [0.2, 0.25) is 0 Å². The smallest absolute Gasteiger partial charge is 0.273 e. The summed E-state index contributed by atoms with van der Waals surface area (Å²) in [6.45, 7) is 0. The quantitative estimate of drug-likeness (QED) is 0.293. The summed E-state index contributed by atoms with van der Waals surface area (Å²) in [5, 5.41) is 31.5. The van der Waals surface area contributed by atoms with E-state index in [1.807, 2.05) is 0 Å². The molecular formula is C2H8BrNO4. The number of nitrogens with two attached hydrogens (primary N) is 1. The van der Waals surface area contributed by atoms with Gasteiger partial charge in [-0.05, 0) is 0 Å². The molecule has 0 rings (SSSR count). The summed E-state index contributed by atoms with van der Waals surface area (Å²) >= 11 is 0. The lowest BCUT2D eigenvalue weighted by molar-refractivity contribution is -0.285. The highest BCUT2D eigenvalue weighted by molar-refractivity contribution is 8.93. The van der Waals surface area contributed by atoms with Crippen molar-refractivity contribution < 1.29 is 20.4 Å². The summed E-state index contributed by atoms with van der Waals surface area (Å²) in [7, 11) is 0. The van der Waals surface area contributed by atoms with E-state index in [9.17, 15) is 0 Å². The highest BCUT2D eigenvalue weighted by atomic mass is 79.9. The first kappa shape index (κ1) is 11.1. The maximum Gasteiger partial charge on any atom is 0.273 e. The van der Waals surface area contributed by atoms with Gasteiger partial charge in [0, 0.05) is 0 Å². The average Bonchev–Trinajstić information content (AvgIpc) is 1.31. The van der Waals surface area contributed by atoms with Gasteiger partial charge in [0.25, 0.3) is 5.91 Å². The molecule has 0 aliphatic heterocycles. The molecule has 0 heterocycles. The Bertz CT molecular complexity index is 59.5. The molecule has 0 aromatic carbocycles. The molecule has 0 radical (unpaired) electrons. The minimum absolute atomic E-state index is 0. The van der Waals surface area contributed by atoms with Gasteiger partial charge in [0.05, 0.1) is 0 Å². The Hall–Kier alpha value is 0.280. The molecule has 0 saturated heterocycles. The highest BCUT2D eigenvalue weighted by Gasteiger charge is 2.24. The van der Waals surface area contributed by atoms with E-state index in [1.54, 1.807) is 0 Å². The van der Waals surface area contributed by atoms with Crippen LogP contribution >= 0.6 is 17.0 Å². The number of aliphatic hydroxyl groups is 4. The van der Waals surface area contributed by atoms with E-state index in [2.05, 4.69) is 5.73 Å². The van der Waals surface area contributed by atoms with E-state index in [0.29, 0.717) is 0 Å². The molecule has 0 fully saturated rings. The third kappa shape index (κ3) is 4.44. The molecule has 0 unspecified atom stereocenters. The van der Waals surface area contributed by atoms with Gasteiger partial charge in [-0.2, -0.15) is 0 Å². The van der Waals surface area contributed by atoms with E-state index in [0.717, 1.165) is 0 Å². The summed E-state index contributed by atoms with van der Waals surface area (Å²) in [5.74, 6) is -2.89. The molecule has 5 nitrogen and oxygen atoms in total. The zero-order valence-corrected chi connectivity index (χ0v) is 5.56. The summed E-state index contributed by atoms with van der Waals surface area (Å²) in [4.78, 5) is 0. The zero-order chi connectivity index (χ0) is 6.08. The van der Waals surface area contributed by atoms with E-state index in [4.69, 9.17) is 20.4 Å². The van der Waals surface area contributed by atoms with E-state index >= 15 is 0 Å². The average molecular weight is 190 g/mol. The molecule has 0 aromatic heterocycles. The largest absolute Gasteiger partial charge is 0.363 e. The second-order valence-electron chi connectivity index (χ2n) is 1.16. The standard InChI is InChI=1S/C2H7NO4.BrH/c3-2(6,7)1(4)5;/h1,4-7H,3H2;1H. The fourth-order valence-corrected chi connectivity index (χ4v) is 0. The van der Waals surface area contributed by atoms with Crippen LogP contribution in [-0.4, -0.2) is 32.6 Å². The monoisotopic (exact) mass is 189 g/mol. The maximum atomic E-state index is 7.93. The van der Waals surface area contributed by atoms with Gasteiger partial charge in [0.2, 0.25) is 6.29 Å². The van der Waals surface area contributed by atoms with Crippen molar-refractivity contribution in [1.82, 2.24) is 0 Å². The van der Waals surface area contributed by atoms with Crippen LogP contribution in [0.3, 0.4) is 0 Å². The lowest BCUT2D eigenvalue weighted by Crippen LogP contribution is -2.50. The predicted molar refractivity (Wildman–Crippen MR) is 29.9 cm³/mol. The molecule has 0 aliphatic rings. The third-order valence-corrected chi connectivity index (χ3v) is 0.380. The molecule has 8 heavy (non-hydrogen) atoms. The Labute approximate surface area is 56.1 Å². The van der Waals surface area contributed by atoms with Crippen molar-refractivity contribution in [2.45, 2.75) is 12.2 Å². The van der Waals surface area contributed by atoms with Crippen LogP contribution in [-0.2, 0) is 0 Å². The third-order valence-electron chi connectivity index (χ3n) is 0.380. The molecule has 6 N–H and O–H groups in total. The first-order chi connectivity index (χ1) is 2.94. The first-order valence-corrected chi connectivity index (χ1v) is 1.54. The minimum Gasteiger partial charge on any atom is -0.363 e. The van der Waals surface area contributed by atoms with Crippen molar-refractivity contribution in [1.29, 1.82) is 0 Å². The van der Waals surface area contributed by atoms with Crippen molar-refractivity contribution in [3.63, 3.8) is 0 Å². The van der Waals surface area contributed by atoms with Gasteiger partial charge in [-0.3, -0.25) is 5.73 Å². The number of rotatable bonds is 1. The van der Waals surface area contributed by atoms with Gasteiger partial charge >= 0.3 is 0 Å². The van der Waals surface area contributed by atoms with E-state index in [-0.39, 0.29) is 17.0 Å². The molecule has 0 saturated carbocycles. The topological polar surface area (TPSA) is 107 Å². The first-order valence-electron chi connectivity index (χ1n) is 1.54. The van der Waals surface area contributed by atoms with E-state index in [1.165, 1.54) is 0 Å². The minimum atomic E-state index is -2.89. The zero-order valence-electron chi connectivity index (χ0n) is 3.85. The molecule has 0 aliphatic carbocycles. The molecule has 0 spiro atoms. The maximum absolute atomic E-state index is 7.93. The van der Waals surface area contributed by atoms with Crippen LogP contribution in [0.5, 0.6) is 0 Å². The van der Waals surface area contributed by atoms with E-state index < -0.39 is 12.2 Å². The van der Waals surface area contributed by atoms with Gasteiger partial charge in [-0.15, -0.1) is 17.0 Å². The van der Waals surface area contributed by atoms with Crippen molar-refractivity contribution in [2.24, 2.45) is 5.73 Å². The Morgan fingerprint density at radius 1 is 1.25 bits per heavy atom. The van der Waals surface area contributed by atoms with Crippen LogP contribution < -0.4 is 5.73 Å². The molecule has 0 atom stereocenters. The Balaban J connectivity index is 0. The van der Waals surface area contributed by atoms with Crippen molar-refractivity contribution >= 4 is 17.0 Å². The lowest BCUT2D eigenvalue weighted by Gasteiger charge is -2.16. The van der Waals surface area contributed by atoms with Gasteiger partial charge < -0.3 is 20.4 Å². The van der Waals surface area contributed by atoms with Crippen molar-refractivity contribution in [3.8, 4) is 0 Å². The normalized spacial score (nSPS) is 11.2. The second kappa shape index (κ2) is 3.33.